The Labute approximate surface area is 153 Å². The highest BCUT2D eigenvalue weighted by Gasteiger charge is 2.23. The van der Waals surface area contributed by atoms with Crippen LogP contribution in [0.5, 0.6) is 0 Å². The topological polar surface area (TPSA) is 61.4 Å². The number of nitrogens with one attached hydrogen (secondary N) is 2. The molecule has 1 aromatic rings. The predicted octanol–water partition coefficient (Wildman–Crippen LogP) is 1.99. The number of thiophene rings is 1. The lowest BCUT2D eigenvalue weighted by atomic mass is 9.99. The van der Waals surface area contributed by atoms with Crippen LogP contribution in [0.25, 0.3) is 0 Å². The van der Waals surface area contributed by atoms with E-state index in [1.807, 2.05) is 18.0 Å². The summed E-state index contributed by atoms with van der Waals surface area (Å²) < 4.78 is 0. The molecule has 0 radical (unpaired) electrons. The molecule has 3 rings (SSSR count). The van der Waals surface area contributed by atoms with Crippen molar-refractivity contribution in [3.63, 3.8) is 0 Å². The van der Waals surface area contributed by atoms with Gasteiger partial charge in [0.25, 0.3) is 5.91 Å². The largest absolute Gasteiger partial charge is 0.342 e. The number of piperidine rings is 1. The molecule has 2 heterocycles. The SMILES string of the molecule is CNC1CCCN(C(=O)CNC(=O)c2cc3c(s2)CCCC3)C1.Cl. The molecule has 24 heavy (non-hydrogen) atoms. The molecule has 1 aromatic heterocycles. The molecule has 1 aliphatic heterocycles. The highest BCUT2D eigenvalue weighted by Crippen LogP contribution is 2.29. The highest BCUT2D eigenvalue weighted by molar-refractivity contribution is 7.14. The van der Waals surface area contributed by atoms with Crippen molar-refractivity contribution >= 4 is 35.6 Å². The lowest BCUT2D eigenvalue weighted by Gasteiger charge is -2.32. The van der Waals surface area contributed by atoms with E-state index in [1.165, 1.54) is 23.3 Å². The maximum atomic E-state index is 12.3. The van der Waals surface area contributed by atoms with Crippen molar-refractivity contribution in [2.75, 3.05) is 26.7 Å². The highest BCUT2D eigenvalue weighted by atomic mass is 35.5. The van der Waals surface area contributed by atoms with Crippen molar-refractivity contribution in [2.45, 2.75) is 44.6 Å². The van der Waals surface area contributed by atoms with Crippen molar-refractivity contribution in [2.24, 2.45) is 0 Å². The lowest BCUT2D eigenvalue weighted by Crippen LogP contribution is -2.49. The first kappa shape index (κ1) is 19.2. The Morgan fingerprint density at radius 2 is 2.08 bits per heavy atom. The smallest absolute Gasteiger partial charge is 0.261 e. The van der Waals surface area contributed by atoms with Gasteiger partial charge in [-0.25, -0.2) is 0 Å². The number of likely N-dealkylation sites (N-methyl/N-ethyl adjacent to an activating group) is 1. The Hall–Kier alpha value is -1.11. The van der Waals surface area contributed by atoms with Crippen LogP contribution >= 0.6 is 23.7 Å². The summed E-state index contributed by atoms with van der Waals surface area (Å²) in [6.45, 7) is 1.62. The van der Waals surface area contributed by atoms with Gasteiger partial charge in [0.1, 0.15) is 0 Å². The Bertz CT molecular complexity index is 567. The average Bonchev–Trinajstić information content (AvgIpc) is 3.03. The molecule has 2 N–H and O–H groups in total. The van der Waals surface area contributed by atoms with Crippen LogP contribution in [0.3, 0.4) is 0 Å². The number of halogens is 1. The van der Waals surface area contributed by atoms with E-state index in [0.29, 0.717) is 6.04 Å². The van der Waals surface area contributed by atoms with E-state index in [-0.39, 0.29) is 30.8 Å². The van der Waals surface area contributed by atoms with E-state index < -0.39 is 0 Å². The number of carbonyl (C=O) groups is 2. The standard InChI is InChI=1S/C17H25N3O2S.ClH/c1-18-13-6-4-8-20(11-13)16(21)10-19-17(22)15-9-12-5-2-3-7-14(12)23-15;/h9,13,18H,2-8,10-11H2,1H3,(H,19,22);1H. The van der Waals surface area contributed by atoms with E-state index in [1.54, 1.807) is 11.3 Å². The normalized spacial score (nSPS) is 20.0. The van der Waals surface area contributed by atoms with E-state index in [4.69, 9.17) is 0 Å². The molecule has 0 saturated carbocycles. The number of amides is 2. The Kier molecular flexibility index (Phi) is 7.07. The van der Waals surface area contributed by atoms with Crippen molar-refractivity contribution in [3.05, 3.63) is 21.4 Å². The molecule has 1 atom stereocenters. The van der Waals surface area contributed by atoms with Crippen LogP contribution in [0.1, 0.15) is 45.8 Å². The third-order valence-electron chi connectivity index (χ3n) is 4.80. The van der Waals surface area contributed by atoms with Gasteiger partial charge in [-0.1, -0.05) is 0 Å². The second-order valence-corrected chi connectivity index (χ2v) is 7.55. The van der Waals surface area contributed by atoms with Crippen LogP contribution in [-0.4, -0.2) is 49.4 Å². The molecule has 0 bridgehead atoms. The Morgan fingerprint density at radius 1 is 1.29 bits per heavy atom. The summed E-state index contributed by atoms with van der Waals surface area (Å²) in [5.41, 5.74) is 1.32. The van der Waals surface area contributed by atoms with E-state index in [2.05, 4.69) is 10.6 Å². The maximum absolute atomic E-state index is 12.3. The first-order valence-electron chi connectivity index (χ1n) is 8.52. The van der Waals surface area contributed by atoms with E-state index in [9.17, 15) is 9.59 Å². The molecule has 1 unspecified atom stereocenters. The second kappa shape index (κ2) is 8.83. The minimum Gasteiger partial charge on any atom is -0.342 e. The summed E-state index contributed by atoms with van der Waals surface area (Å²) in [4.78, 5) is 28.5. The van der Waals surface area contributed by atoms with Crippen LogP contribution in [0.15, 0.2) is 6.07 Å². The quantitative estimate of drug-likeness (QED) is 0.850. The molecular formula is C17H26ClN3O2S. The zero-order chi connectivity index (χ0) is 16.2. The van der Waals surface area contributed by atoms with Crippen molar-refractivity contribution in [3.8, 4) is 0 Å². The van der Waals surface area contributed by atoms with Crippen LogP contribution in [-0.2, 0) is 17.6 Å². The summed E-state index contributed by atoms with van der Waals surface area (Å²) in [7, 11) is 1.93. The number of fused-ring (bicyclic) bond motifs is 1. The van der Waals surface area contributed by atoms with E-state index >= 15 is 0 Å². The third-order valence-corrected chi connectivity index (χ3v) is 6.04. The molecule has 1 fully saturated rings. The van der Waals surface area contributed by atoms with Crippen LogP contribution in [0.4, 0.5) is 0 Å². The van der Waals surface area contributed by atoms with Crippen molar-refractivity contribution in [1.29, 1.82) is 0 Å². The minimum atomic E-state index is -0.111. The molecule has 134 valence electrons. The first-order valence-corrected chi connectivity index (χ1v) is 9.34. The number of aryl methyl sites for hydroxylation is 2. The number of nitrogens with zero attached hydrogens (tertiary/aromatic N) is 1. The van der Waals surface area contributed by atoms with Gasteiger partial charge in [-0.2, -0.15) is 0 Å². The minimum absolute atomic E-state index is 0. The first-order chi connectivity index (χ1) is 11.2. The van der Waals surface area contributed by atoms with Gasteiger partial charge in [0.05, 0.1) is 11.4 Å². The van der Waals surface area contributed by atoms with Gasteiger partial charge in [-0.3, -0.25) is 9.59 Å². The van der Waals surface area contributed by atoms with Gasteiger partial charge < -0.3 is 15.5 Å². The van der Waals surface area contributed by atoms with Crippen LogP contribution < -0.4 is 10.6 Å². The summed E-state index contributed by atoms with van der Waals surface area (Å²) >= 11 is 1.59. The predicted molar refractivity (Wildman–Crippen MR) is 99.2 cm³/mol. The Morgan fingerprint density at radius 3 is 2.83 bits per heavy atom. The van der Waals surface area contributed by atoms with Gasteiger partial charge in [0.15, 0.2) is 0 Å². The summed E-state index contributed by atoms with van der Waals surface area (Å²) in [5, 5.41) is 6.03. The third kappa shape index (κ3) is 4.49. The fourth-order valence-corrected chi connectivity index (χ4v) is 4.57. The molecule has 7 heteroatoms. The maximum Gasteiger partial charge on any atom is 0.261 e. The van der Waals surface area contributed by atoms with Gasteiger partial charge in [-0.15, -0.1) is 23.7 Å². The lowest BCUT2D eigenvalue weighted by molar-refractivity contribution is -0.131. The number of hydrogen-bond donors (Lipinski definition) is 2. The van der Waals surface area contributed by atoms with Crippen LogP contribution in [0, 0.1) is 0 Å². The molecule has 2 amide bonds. The Balaban J connectivity index is 0.00000208. The molecule has 2 aliphatic rings. The number of carbonyl (C=O) groups excluding carboxylic acids is 2. The monoisotopic (exact) mass is 371 g/mol. The van der Waals surface area contributed by atoms with Gasteiger partial charge in [0.2, 0.25) is 5.91 Å². The summed E-state index contributed by atoms with van der Waals surface area (Å²) in [5.74, 6) is -0.0976. The van der Waals surface area contributed by atoms with Crippen LogP contribution in [0.2, 0.25) is 0 Å². The average molecular weight is 372 g/mol. The number of rotatable bonds is 4. The molecular weight excluding hydrogens is 346 g/mol. The van der Waals surface area contributed by atoms with Gasteiger partial charge in [0, 0.05) is 24.0 Å². The molecule has 5 nitrogen and oxygen atoms in total. The molecule has 1 saturated heterocycles. The molecule has 0 aromatic carbocycles. The molecule has 1 aliphatic carbocycles. The van der Waals surface area contributed by atoms with Crippen molar-refractivity contribution < 1.29 is 9.59 Å². The van der Waals surface area contributed by atoms with Gasteiger partial charge >= 0.3 is 0 Å². The number of likely N-dealkylation sites (tertiary alicyclic amines) is 1. The zero-order valence-electron chi connectivity index (χ0n) is 14.1. The number of hydrogen-bond acceptors (Lipinski definition) is 4. The summed E-state index contributed by atoms with van der Waals surface area (Å²) in [6, 6.07) is 2.38. The van der Waals surface area contributed by atoms with E-state index in [0.717, 1.165) is 43.6 Å². The fraction of sp³-hybridized carbons (Fsp3) is 0.647. The van der Waals surface area contributed by atoms with Gasteiger partial charge in [-0.05, 0) is 57.2 Å². The molecule has 0 spiro atoms. The second-order valence-electron chi connectivity index (χ2n) is 6.42. The van der Waals surface area contributed by atoms with Crippen molar-refractivity contribution in [1.82, 2.24) is 15.5 Å². The zero-order valence-corrected chi connectivity index (χ0v) is 15.7. The summed E-state index contributed by atoms with van der Waals surface area (Å²) in [6.07, 6.45) is 6.72. The fourth-order valence-electron chi connectivity index (χ4n) is 3.40.